The Morgan fingerprint density at radius 1 is 0.957 bits per heavy atom. The summed E-state index contributed by atoms with van der Waals surface area (Å²) in [4.78, 5) is 12.3. The van der Waals surface area contributed by atoms with Gasteiger partial charge < -0.3 is 9.88 Å². The van der Waals surface area contributed by atoms with Crippen molar-refractivity contribution in [3.8, 4) is 5.69 Å². The number of benzene rings is 1. The summed E-state index contributed by atoms with van der Waals surface area (Å²) in [6.07, 6.45) is 7.48. The average molecular weight is 302 g/mol. The summed E-state index contributed by atoms with van der Waals surface area (Å²) in [5.74, 6) is -0.132. The molecule has 3 heterocycles. The van der Waals surface area contributed by atoms with Crippen LogP contribution in [-0.4, -0.2) is 20.1 Å². The third kappa shape index (κ3) is 2.60. The van der Waals surface area contributed by atoms with Crippen LogP contribution in [0.2, 0.25) is 0 Å². The predicted molar refractivity (Wildman–Crippen MR) is 88.9 cm³/mol. The fourth-order valence-corrected chi connectivity index (χ4v) is 2.49. The van der Waals surface area contributed by atoms with Gasteiger partial charge in [0.2, 0.25) is 0 Å². The van der Waals surface area contributed by atoms with Gasteiger partial charge in [-0.05, 0) is 54.6 Å². The van der Waals surface area contributed by atoms with Crippen LogP contribution in [-0.2, 0) is 0 Å². The number of nitrogens with zero attached hydrogens (tertiary/aromatic N) is 3. The Morgan fingerprint density at radius 3 is 2.52 bits per heavy atom. The first-order chi connectivity index (χ1) is 11.3. The summed E-state index contributed by atoms with van der Waals surface area (Å²) in [6.45, 7) is 0. The van der Waals surface area contributed by atoms with E-state index in [4.69, 9.17) is 0 Å². The molecule has 0 aliphatic carbocycles. The van der Waals surface area contributed by atoms with Crippen molar-refractivity contribution in [2.24, 2.45) is 0 Å². The van der Waals surface area contributed by atoms with Crippen molar-refractivity contribution in [3.05, 3.63) is 84.9 Å². The number of carbonyl (C=O) groups is 1. The van der Waals surface area contributed by atoms with E-state index in [2.05, 4.69) is 10.4 Å². The van der Waals surface area contributed by atoms with Gasteiger partial charge in [-0.2, -0.15) is 5.10 Å². The Balaban J connectivity index is 1.54. The zero-order chi connectivity index (χ0) is 15.6. The quantitative estimate of drug-likeness (QED) is 0.631. The Labute approximate surface area is 132 Å². The number of rotatable bonds is 3. The number of pyridine rings is 1. The van der Waals surface area contributed by atoms with Gasteiger partial charge in [0.1, 0.15) is 0 Å². The van der Waals surface area contributed by atoms with E-state index in [-0.39, 0.29) is 5.91 Å². The standard InChI is InChI=1S/C18H14N4O/c23-18(20-15-8-12-22-17(13-15)7-9-19-22)14-3-5-16(6-4-14)21-10-1-2-11-21/h1-13H,(H,20,23). The highest BCUT2D eigenvalue weighted by Crippen LogP contribution is 2.14. The molecule has 1 N–H and O–H groups in total. The molecule has 0 fully saturated rings. The summed E-state index contributed by atoms with van der Waals surface area (Å²) < 4.78 is 3.75. The second-order valence-electron chi connectivity index (χ2n) is 5.21. The number of amides is 1. The number of fused-ring (bicyclic) bond motifs is 1. The van der Waals surface area contributed by atoms with Crippen LogP contribution in [0.5, 0.6) is 0 Å². The maximum Gasteiger partial charge on any atom is 0.255 e. The smallest absolute Gasteiger partial charge is 0.255 e. The summed E-state index contributed by atoms with van der Waals surface area (Å²) in [6, 6.07) is 17.0. The van der Waals surface area contributed by atoms with Crippen molar-refractivity contribution < 1.29 is 4.79 Å². The van der Waals surface area contributed by atoms with Crippen molar-refractivity contribution in [3.63, 3.8) is 0 Å². The molecule has 23 heavy (non-hydrogen) atoms. The van der Waals surface area contributed by atoms with E-state index in [1.165, 1.54) is 0 Å². The zero-order valence-electron chi connectivity index (χ0n) is 12.3. The van der Waals surface area contributed by atoms with Crippen LogP contribution in [0.3, 0.4) is 0 Å². The van der Waals surface area contributed by atoms with Crippen LogP contribution < -0.4 is 5.32 Å². The number of carbonyl (C=O) groups excluding carboxylic acids is 1. The molecule has 112 valence electrons. The lowest BCUT2D eigenvalue weighted by atomic mass is 10.2. The zero-order valence-corrected chi connectivity index (χ0v) is 12.3. The molecule has 0 aliphatic heterocycles. The van der Waals surface area contributed by atoms with E-state index < -0.39 is 0 Å². The third-order valence-corrected chi connectivity index (χ3v) is 3.69. The summed E-state index contributed by atoms with van der Waals surface area (Å²) in [7, 11) is 0. The molecule has 0 aliphatic rings. The maximum absolute atomic E-state index is 12.3. The van der Waals surface area contributed by atoms with Crippen LogP contribution in [0.25, 0.3) is 11.2 Å². The highest BCUT2D eigenvalue weighted by atomic mass is 16.1. The van der Waals surface area contributed by atoms with Crippen molar-refractivity contribution in [2.45, 2.75) is 0 Å². The Bertz CT molecular complexity index is 952. The van der Waals surface area contributed by atoms with Crippen LogP contribution in [0.1, 0.15) is 10.4 Å². The van der Waals surface area contributed by atoms with Gasteiger partial charge in [0.05, 0.1) is 5.52 Å². The largest absolute Gasteiger partial charge is 0.324 e. The topological polar surface area (TPSA) is 51.3 Å². The molecule has 0 radical (unpaired) electrons. The van der Waals surface area contributed by atoms with Crippen molar-refractivity contribution in [1.82, 2.24) is 14.2 Å². The molecule has 0 unspecified atom stereocenters. The molecule has 0 saturated carbocycles. The molecule has 5 heteroatoms. The fraction of sp³-hybridized carbons (Fsp3) is 0. The molecule has 1 amide bonds. The van der Waals surface area contributed by atoms with E-state index >= 15 is 0 Å². The Hall–Kier alpha value is -3.34. The second-order valence-corrected chi connectivity index (χ2v) is 5.21. The first-order valence-electron chi connectivity index (χ1n) is 7.28. The van der Waals surface area contributed by atoms with Gasteiger partial charge in [-0.15, -0.1) is 0 Å². The molecule has 5 nitrogen and oxygen atoms in total. The second kappa shape index (κ2) is 5.46. The van der Waals surface area contributed by atoms with Crippen molar-refractivity contribution in [1.29, 1.82) is 0 Å². The van der Waals surface area contributed by atoms with Crippen LogP contribution in [0.4, 0.5) is 5.69 Å². The number of aromatic nitrogens is 3. The third-order valence-electron chi connectivity index (χ3n) is 3.69. The van der Waals surface area contributed by atoms with Gasteiger partial charge in [-0.25, -0.2) is 4.52 Å². The average Bonchev–Trinajstić information content (AvgIpc) is 3.26. The SMILES string of the molecule is O=C(Nc1ccn2nccc2c1)c1ccc(-n2cccc2)cc1. The lowest BCUT2D eigenvalue weighted by molar-refractivity contribution is 0.102. The first kappa shape index (κ1) is 13.3. The predicted octanol–water partition coefficient (Wildman–Crippen LogP) is 3.38. The summed E-state index contributed by atoms with van der Waals surface area (Å²) >= 11 is 0. The number of anilines is 1. The summed E-state index contributed by atoms with van der Waals surface area (Å²) in [5, 5.41) is 7.04. The van der Waals surface area contributed by atoms with Crippen molar-refractivity contribution >= 4 is 17.1 Å². The minimum Gasteiger partial charge on any atom is -0.324 e. The highest BCUT2D eigenvalue weighted by Gasteiger charge is 2.07. The molecule has 1 aromatic carbocycles. The van der Waals surface area contributed by atoms with Gasteiger partial charge in [0, 0.05) is 41.7 Å². The van der Waals surface area contributed by atoms with Gasteiger partial charge in [0.15, 0.2) is 0 Å². The molecular formula is C18H14N4O. The van der Waals surface area contributed by atoms with E-state index in [1.54, 1.807) is 10.7 Å². The minimum atomic E-state index is -0.132. The maximum atomic E-state index is 12.3. The van der Waals surface area contributed by atoms with E-state index in [1.807, 2.05) is 77.8 Å². The van der Waals surface area contributed by atoms with Gasteiger partial charge >= 0.3 is 0 Å². The monoisotopic (exact) mass is 302 g/mol. The Morgan fingerprint density at radius 2 is 1.74 bits per heavy atom. The van der Waals surface area contributed by atoms with Gasteiger partial charge in [-0.3, -0.25) is 4.79 Å². The molecule has 4 aromatic rings. The number of nitrogens with one attached hydrogen (secondary N) is 1. The molecule has 0 saturated heterocycles. The van der Waals surface area contributed by atoms with Crippen LogP contribution in [0, 0.1) is 0 Å². The molecule has 0 bridgehead atoms. The molecule has 0 spiro atoms. The van der Waals surface area contributed by atoms with Gasteiger partial charge in [-0.1, -0.05) is 0 Å². The fourth-order valence-electron chi connectivity index (χ4n) is 2.49. The first-order valence-corrected chi connectivity index (χ1v) is 7.28. The van der Waals surface area contributed by atoms with Gasteiger partial charge in [0.25, 0.3) is 5.91 Å². The summed E-state index contributed by atoms with van der Waals surface area (Å²) in [5.41, 5.74) is 3.32. The van der Waals surface area contributed by atoms with E-state index in [9.17, 15) is 4.79 Å². The van der Waals surface area contributed by atoms with Crippen LogP contribution >= 0.6 is 0 Å². The lowest BCUT2D eigenvalue weighted by Gasteiger charge is -2.07. The van der Waals surface area contributed by atoms with E-state index in [0.29, 0.717) is 5.56 Å². The molecule has 0 atom stereocenters. The molecule has 3 aromatic heterocycles. The number of hydrogen-bond acceptors (Lipinski definition) is 2. The van der Waals surface area contributed by atoms with Crippen molar-refractivity contribution in [2.75, 3.05) is 5.32 Å². The minimum absolute atomic E-state index is 0.132. The van der Waals surface area contributed by atoms with E-state index in [0.717, 1.165) is 16.9 Å². The highest BCUT2D eigenvalue weighted by molar-refractivity contribution is 6.04. The normalized spacial score (nSPS) is 10.8. The number of hydrogen-bond donors (Lipinski definition) is 1. The van der Waals surface area contributed by atoms with Crippen LogP contribution in [0.15, 0.2) is 79.4 Å². The Kier molecular flexibility index (Phi) is 3.16. The molecule has 4 rings (SSSR count). The lowest BCUT2D eigenvalue weighted by Crippen LogP contribution is -2.12. The molecular weight excluding hydrogens is 288 g/mol.